The molecular weight excluding hydrogens is 450 g/mol. The molecule has 27 heavy (non-hydrogen) atoms. The van der Waals surface area contributed by atoms with E-state index in [2.05, 4.69) is 31.4 Å². The van der Waals surface area contributed by atoms with Crippen molar-refractivity contribution < 1.29 is 4.79 Å². The Kier molecular flexibility index (Phi) is 6.41. The Hall–Kier alpha value is -2.03. The van der Waals surface area contributed by atoms with E-state index in [9.17, 15) is 4.79 Å². The van der Waals surface area contributed by atoms with E-state index in [1.807, 2.05) is 37.3 Å². The Balaban J connectivity index is 1.58. The number of carbonyl (C=O) groups is 1. The number of amides is 1. The number of carbonyl (C=O) groups excluding carboxylic acids is 1. The number of hydrogen-bond donors (Lipinski definition) is 2. The topological polar surface area (TPSA) is 85.8 Å². The highest BCUT2D eigenvalue weighted by molar-refractivity contribution is 9.10. The number of nitrogen functional groups attached to an aromatic ring is 1. The SMILES string of the molecule is Cc1ccc(Cl)cc1NC(=O)CCSc1nnc(-c2cccc(Br)c2)n1N. The highest BCUT2D eigenvalue weighted by Crippen LogP contribution is 2.25. The van der Waals surface area contributed by atoms with Crippen LogP contribution in [-0.2, 0) is 4.79 Å². The fourth-order valence-electron chi connectivity index (χ4n) is 2.38. The Morgan fingerprint density at radius 3 is 2.89 bits per heavy atom. The van der Waals surface area contributed by atoms with Gasteiger partial charge in [0.25, 0.3) is 0 Å². The number of aromatic nitrogens is 3. The number of thioether (sulfide) groups is 1. The molecule has 3 rings (SSSR count). The Morgan fingerprint density at radius 2 is 2.11 bits per heavy atom. The second-order valence-electron chi connectivity index (χ2n) is 5.79. The van der Waals surface area contributed by atoms with Crippen molar-refractivity contribution in [3.63, 3.8) is 0 Å². The van der Waals surface area contributed by atoms with Gasteiger partial charge in [-0.15, -0.1) is 10.2 Å². The minimum atomic E-state index is -0.0943. The third-order valence-corrected chi connectivity index (χ3v) is 5.45. The zero-order chi connectivity index (χ0) is 19.4. The maximum atomic E-state index is 12.2. The summed E-state index contributed by atoms with van der Waals surface area (Å²) in [6, 6.07) is 13.1. The summed E-state index contributed by atoms with van der Waals surface area (Å²) in [6.45, 7) is 1.92. The van der Waals surface area contributed by atoms with E-state index >= 15 is 0 Å². The van der Waals surface area contributed by atoms with Crippen molar-refractivity contribution in [1.82, 2.24) is 14.9 Å². The average molecular weight is 467 g/mol. The Morgan fingerprint density at radius 1 is 1.30 bits per heavy atom. The molecule has 1 heterocycles. The van der Waals surface area contributed by atoms with E-state index in [0.29, 0.717) is 28.2 Å². The second-order valence-corrected chi connectivity index (χ2v) is 8.21. The summed E-state index contributed by atoms with van der Waals surface area (Å²) in [5, 5.41) is 12.3. The molecule has 2 aromatic carbocycles. The first-order chi connectivity index (χ1) is 12.9. The monoisotopic (exact) mass is 465 g/mol. The molecule has 0 saturated heterocycles. The molecule has 3 aromatic rings. The maximum absolute atomic E-state index is 12.2. The number of aryl methyl sites for hydroxylation is 1. The summed E-state index contributed by atoms with van der Waals surface area (Å²) in [7, 11) is 0. The lowest BCUT2D eigenvalue weighted by Gasteiger charge is -2.08. The van der Waals surface area contributed by atoms with Crippen molar-refractivity contribution in [1.29, 1.82) is 0 Å². The third-order valence-electron chi connectivity index (χ3n) is 3.78. The van der Waals surface area contributed by atoms with Crippen molar-refractivity contribution in [2.75, 3.05) is 16.9 Å². The number of rotatable bonds is 6. The van der Waals surface area contributed by atoms with Crippen LogP contribution in [0, 0.1) is 6.92 Å². The zero-order valence-electron chi connectivity index (χ0n) is 14.4. The van der Waals surface area contributed by atoms with E-state index in [0.717, 1.165) is 21.3 Å². The average Bonchev–Trinajstić information content (AvgIpc) is 2.99. The van der Waals surface area contributed by atoms with Crippen LogP contribution in [0.1, 0.15) is 12.0 Å². The molecule has 0 bridgehead atoms. The van der Waals surface area contributed by atoms with Crippen LogP contribution in [0.4, 0.5) is 5.69 Å². The molecule has 6 nitrogen and oxygen atoms in total. The smallest absolute Gasteiger partial charge is 0.225 e. The van der Waals surface area contributed by atoms with Gasteiger partial charge in [0.2, 0.25) is 11.1 Å². The molecule has 1 aromatic heterocycles. The maximum Gasteiger partial charge on any atom is 0.225 e. The van der Waals surface area contributed by atoms with Gasteiger partial charge in [0.15, 0.2) is 5.82 Å². The summed E-state index contributed by atoms with van der Waals surface area (Å²) in [4.78, 5) is 12.2. The standard InChI is InChI=1S/C18H17BrClN5OS/c1-11-5-6-14(20)10-15(11)22-16(26)7-8-27-18-24-23-17(25(18)21)12-3-2-4-13(19)9-12/h2-6,9-10H,7-8,21H2,1H3,(H,22,26). The number of nitrogens with zero attached hydrogens (tertiary/aromatic N) is 3. The third kappa shape index (κ3) is 5.03. The molecule has 0 atom stereocenters. The summed E-state index contributed by atoms with van der Waals surface area (Å²) in [6.07, 6.45) is 0.315. The van der Waals surface area contributed by atoms with E-state index < -0.39 is 0 Å². The summed E-state index contributed by atoms with van der Waals surface area (Å²) in [5.41, 5.74) is 2.54. The molecule has 0 radical (unpaired) electrons. The second kappa shape index (κ2) is 8.77. The lowest BCUT2D eigenvalue weighted by atomic mass is 10.2. The van der Waals surface area contributed by atoms with Gasteiger partial charge in [0.1, 0.15) is 0 Å². The molecule has 0 fully saturated rings. The summed E-state index contributed by atoms with van der Waals surface area (Å²) < 4.78 is 2.37. The van der Waals surface area contributed by atoms with Crippen LogP contribution >= 0.6 is 39.3 Å². The minimum absolute atomic E-state index is 0.0943. The van der Waals surface area contributed by atoms with Crippen LogP contribution in [0.3, 0.4) is 0 Å². The van der Waals surface area contributed by atoms with Crippen molar-refractivity contribution in [2.45, 2.75) is 18.5 Å². The predicted octanol–water partition coefficient (Wildman–Crippen LogP) is 4.50. The Bertz CT molecular complexity index is 978. The largest absolute Gasteiger partial charge is 0.335 e. The Labute approximate surface area is 174 Å². The molecule has 0 aliphatic heterocycles. The van der Waals surface area contributed by atoms with Crippen LogP contribution in [0.25, 0.3) is 11.4 Å². The first-order valence-electron chi connectivity index (χ1n) is 8.09. The van der Waals surface area contributed by atoms with Gasteiger partial charge in [0, 0.05) is 32.9 Å². The van der Waals surface area contributed by atoms with E-state index in [1.165, 1.54) is 16.4 Å². The molecule has 1 amide bonds. The van der Waals surface area contributed by atoms with Gasteiger partial charge in [-0.3, -0.25) is 4.79 Å². The van der Waals surface area contributed by atoms with Gasteiger partial charge >= 0.3 is 0 Å². The highest BCUT2D eigenvalue weighted by atomic mass is 79.9. The fraction of sp³-hybridized carbons (Fsp3) is 0.167. The number of nitrogens with one attached hydrogen (secondary N) is 1. The van der Waals surface area contributed by atoms with E-state index in [4.69, 9.17) is 17.4 Å². The molecule has 0 unspecified atom stereocenters. The van der Waals surface area contributed by atoms with E-state index in [-0.39, 0.29) is 5.91 Å². The first-order valence-corrected chi connectivity index (χ1v) is 10.2. The van der Waals surface area contributed by atoms with Crippen LogP contribution in [0.5, 0.6) is 0 Å². The van der Waals surface area contributed by atoms with Gasteiger partial charge in [-0.05, 0) is 36.8 Å². The summed E-state index contributed by atoms with van der Waals surface area (Å²) in [5.74, 6) is 7.10. The number of anilines is 1. The highest BCUT2D eigenvalue weighted by Gasteiger charge is 2.13. The van der Waals surface area contributed by atoms with Gasteiger partial charge in [-0.1, -0.05) is 57.5 Å². The first kappa shape index (κ1) is 19.7. The lowest BCUT2D eigenvalue weighted by molar-refractivity contribution is -0.115. The lowest BCUT2D eigenvalue weighted by Crippen LogP contribution is -2.14. The normalized spacial score (nSPS) is 10.8. The van der Waals surface area contributed by atoms with Crippen LogP contribution < -0.4 is 11.2 Å². The molecule has 0 saturated carbocycles. The molecule has 140 valence electrons. The number of benzene rings is 2. The van der Waals surface area contributed by atoms with Crippen molar-refractivity contribution in [3.05, 3.63) is 57.5 Å². The molecule has 0 spiro atoms. The number of hydrogen-bond acceptors (Lipinski definition) is 5. The van der Waals surface area contributed by atoms with Crippen LogP contribution in [0.15, 0.2) is 52.1 Å². The number of halogens is 2. The van der Waals surface area contributed by atoms with Gasteiger partial charge in [-0.2, -0.15) is 0 Å². The van der Waals surface area contributed by atoms with Gasteiger partial charge < -0.3 is 11.2 Å². The van der Waals surface area contributed by atoms with Gasteiger partial charge in [0.05, 0.1) is 0 Å². The molecule has 3 N–H and O–H groups in total. The fourth-order valence-corrected chi connectivity index (χ4v) is 3.74. The molecular formula is C18H17BrClN5OS. The molecule has 0 aliphatic rings. The van der Waals surface area contributed by atoms with Crippen LogP contribution in [0.2, 0.25) is 5.02 Å². The van der Waals surface area contributed by atoms with Crippen molar-refractivity contribution >= 4 is 50.9 Å². The summed E-state index contributed by atoms with van der Waals surface area (Å²) >= 11 is 10.8. The quantitative estimate of drug-likeness (QED) is 0.412. The minimum Gasteiger partial charge on any atom is -0.335 e. The van der Waals surface area contributed by atoms with Crippen LogP contribution in [-0.4, -0.2) is 26.5 Å². The zero-order valence-corrected chi connectivity index (χ0v) is 17.6. The predicted molar refractivity (Wildman–Crippen MR) is 113 cm³/mol. The van der Waals surface area contributed by atoms with Crippen molar-refractivity contribution in [2.24, 2.45) is 0 Å². The molecule has 0 aliphatic carbocycles. The number of nitrogens with two attached hydrogens (primary N) is 1. The van der Waals surface area contributed by atoms with Crippen molar-refractivity contribution in [3.8, 4) is 11.4 Å². The van der Waals surface area contributed by atoms with E-state index in [1.54, 1.807) is 12.1 Å². The molecule has 9 heteroatoms. The van der Waals surface area contributed by atoms with Gasteiger partial charge in [-0.25, -0.2) is 4.68 Å².